The van der Waals surface area contributed by atoms with Crippen molar-refractivity contribution in [2.45, 2.75) is 52.2 Å². The van der Waals surface area contributed by atoms with E-state index in [4.69, 9.17) is 0 Å². The number of aliphatic hydroxyl groups is 1. The molecule has 0 bridgehead atoms. The molecule has 3 nitrogen and oxygen atoms in total. The molecule has 1 heterocycles. The summed E-state index contributed by atoms with van der Waals surface area (Å²) in [4.78, 5) is 13.5. The number of amides is 1. The lowest BCUT2D eigenvalue weighted by atomic mass is 9.92. The van der Waals surface area contributed by atoms with Crippen molar-refractivity contribution >= 4 is 5.91 Å². The van der Waals surface area contributed by atoms with Crippen molar-refractivity contribution in [3.8, 4) is 0 Å². The van der Waals surface area contributed by atoms with E-state index < -0.39 is 6.10 Å². The maximum atomic E-state index is 11.7. The molecule has 3 atom stereocenters. The molecular formula is C11H21NO2. The number of nitrogens with zero attached hydrogens (tertiary/aromatic N) is 1. The van der Waals surface area contributed by atoms with Gasteiger partial charge in [0, 0.05) is 12.6 Å². The predicted octanol–water partition coefficient (Wildman–Crippen LogP) is 1.40. The van der Waals surface area contributed by atoms with Crippen molar-refractivity contribution in [1.29, 1.82) is 0 Å². The Morgan fingerprint density at radius 3 is 2.71 bits per heavy atom. The molecule has 0 aromatic rings. The highest BCUT2D eigenvalue weighted by atomic mass is 16.3. The van der Waals surface area contributed by atoms with E-state index in [1.54, 1.807) is 6.92 Å². The third-order valence-corrected chi connectivity index (χ3v) is 3.05. The van der Waals surface area contributed by atoms with Gasteiger partial charge in [-0.05, 0) is 32.1 Å². The van der Waals surface area contributed by atoms with Crippen molar-refractivity contribution < 1.29 is 9.90 Å². The molecule has 82 valence electrons. The lowest BCUT2D eigenvalue weighted by molar-refractivity contribution is -0.144. The summed E-state index contributed by atoms with van der Waals surface area (Å²) < 4.78 is 0. The zero-order valence-corrected chi connectivity index (χ0v) is 9.36. The number of aliphatic hydroxyl groups excluding tert-OH is 1. The Bertz CT molecular complexity index is 203. The molecule has 1 rings (SSSR count). The minimum Gasteiger partial charge on any atom is -0.384 e. The fraction of sp³-hybridized carbons (Fsp3) is 0.909. The maximum absolute atomic E-state index is 11.7. The number of carbonyl (C=O) groups excluding carboxylic acids is 1. The molecule has 0 spiro atoms. The lowest BCUT2D eigenvalue weighted by Gasteiger charge is -2.39. The largest absolute Gasteiger partial charge is 0.384 e. The monoisotopic (exact) mass is 199 g/mol. The van der Waals surface area contributed by atoms with Crippen LogP contribution in [0.1, 0.15) is 40.0 Å². The molecule has 0 saturated carbocycles. The minimum atomic E-state index is -0.852. The Kier molecular flexibility index (Phi) is 3.93. The van der Waals surface area contributed by atoms with Crippen LogP contribution in [0.25, 0.3) is 0 Å². The Hall–Kier alpha value is -0.570. The molecule has 0 aromatic carbocycles. The van der Waals surface area contributed by atoms with Crippen LogP contribution in [-0.2, 0) is 4.79 Å². The van der Waals surface area contributed by atoms with Gasteiger partial charge in [0.05, 0.1) is 0 Å². The van der Waals surface area contributed by atoms with E-state index in [0.717, 1.165) is 19.4 Å². The average molecular weight is 199 g/mol. The molecule has 1 fully saturated rings. The van der Waals surface area contributed by atoms with Crippen molar-refractivity contribution in [2.75, 3.05) is 6.54 Å². The zero-order valence-electron chi connectivity index (χ0n) is 9.36. The minimum absolute atomic E-state index is 0.108. The first-order valence-electron chi connectivity index (χ1n) is 5.54. The summed E-state index contributed by atoms with van der Waals surface area (Å²) in [7, 11) is 0. The maximum Gasteiger partial charge on any atom is 0.251 e. The Balaban J connectivity index is 2.65. The van der Waals surface area contributed by atoms with Crippen LogP contribution in [-0.4, -0.2) is 34.6 Å². The van der Waals surface area contributed by atoms with Gasteiger partial charge in [0.1, 0.15) is 6.10 Å². The topological polar surface area (TPSA) is 40.5 Å². The first kappa shape index (κ1) is 11.5. The van der Waals surface area contributed by atoms with Gasteiger partial charge in [-0.25, -0.2) is 0 Å². The number of likely N-dealkylation sites (tertiary alicyclic amines) is 1. The van der Waals surface area contributed by atoms with E-state index >= 15 is 0 Å². The van der Waals surface area contributed by atoms with Gasteiger partial charge >= 0.3 is 0 Å². The van der Waals surface area contributed by atoms with Crippen LogP contribution in [0, 0.1) is 5.92 Å². The molecule has 3 heteroatoms. The highest BCUT2D eigenvalue weighted by molar-refractivity contribution is 5.80. The average Bonchev–Trinajstić information content (AvgIpc) is 2.16. The van der Waals surface area contributed by atoms with Crippen LogP contribution in [0.3, 0.4) is 0 Å². The highest BCUT2D eigenvalue weighted by Crippen LogP contribution is 2.24. The summed E-state index contributed by atoms with van der Waals surface area (Å²) in [5.41, 5.74) is 0. The molecule has 1 aliphatic heterocycles. The Labute approximate surface area is 86.1 Å². The summed E-state index contributed by atoms with van der Waals surface area (Å²) in [6, 6.07) is 0.341. The van der Waals surface area contributed by atoms with Crippen LogP contribution in [0.4, 0.5) is 0 Å². The summed E-state index contributed by atoms with van der Waals surface area (Å²) in [6.45, 7) is 6.62. The van der Waals surface area contributed by atoms with Crippen molar-refractivity contribution in [3.05, 3.63) is 0 Å². The fourth-order valence-electron chi connectivity index (χ4n) is 2.14. The van der Waals surface area contributed by atoms with E-state index in [1.807, 2.05) is 4.90 Å². The molecule has 0 radical (unpaired) electrons. The second-order valence-electron chi connectivity index (χ2n) is 4.41. The third-order valence-electron chi connectivity index (χ3n) is 3.05. The van der Waals surface area contributed by atoms with E-state index in [-0.39, 0.29) is 5.91 Å². The quantitative estimate of drug-likeness (QED) is 0.730. The molecular weight excluding hydrogens is 178 g/mol. The van der Waals surface area contributed by atoms with E-state index in [2.05, 4.69) is 13.8 Å². The van der Waals surface area contributed by atoms with Crippen molar-refractivity contribution in [1.82, 2.24) is 4.90 Å². The van der Waals surface area contributed by atoms with Crippen LogP contribution in [0.2, 0.25) is 0 Å². The number of piperidine rings is 1. The summed E-state index contributed by atoms with van der Waals surface area (Å²) >= 11 is 0. The lowest BCUT2D eigenvalue weighted by Crippen LogP contribution is -2.49. The van der Waals surface area contributed by atoms with Crippen LogP contribution < -0.4 is 0 Å². The second-order valence-corrected chi connectivity index (χ2v) is 4.41. The normalized spacial score (nSPS) is 30.1. The van der Waals surface area contributed by atoms with Gasteiger partial charge in [0.25, 0.3) is 5.91 Å². The van der Waals surface area contributed by atoms with Crippen molar-refractivity contribution in [3.63, 3.8) is 0 Å². The van der Waals surface area contributed by atoms with Gasteiger partial charge in [0.2, 0.25) is 0 Å². The third kappa shape index (κ3) is 2.47. The molecule has 0 aromatic heterocycles. The predicted molar refractivity (Wildman–Crippen MR) is 55.9 cm³/mol. The second kappa shape index (κ2) is 4.78. The van der Waals surface area contributed by atoms with Crippen LogP contribution in [0.5, 0.6) is 0 Å². The SMILES string of the molecule is CCC1CCC(C)CN1C(=O)C(C)O. The molecule has 1 aliphatic rings. The van der Waals surface area contributed by atoms with Gasteiger partial charge in [-0.3, -0.25) is 4.79 Å². The fourth-order valence-corrected chi connectivity index (χ4v) is 2.14. The van der Waals surface area contributed by atoms with E-state index in [9.17, 15) is 9.90 Å². The highest BCUT2D eigenvalue weighted by Gasteiger charge is 2.30. The number of hydrogen-bond donors (Lipinski definition) is 1. The summed E-state index contributed by atoms with van der Waals surface area (Å²) in [5, 5.41) is 9.28. The van der Waals surface area contributed by atoms with Gasteiger partial charge in [-0.2, -0.15) is 0 Å². The molecule has 1 N–H and O–H groups in total. The van der Waals surface area contributed by atoms with Gasteiger partial charge < -0.3 is 10.0 Å². The number of rotatable bonds is 2. The zero-order chi connectivity index (χ0) is 10.7. The molecule has 14 heavy (non-hydrogen) atoms. The summed E-state index contributed by atoms with van der Waals surface area (Å²) in [5.74, 6) is 0.462. The molecule has 3 unspecified atom stereocenters. The number of carbonyl (C=O) groups is 1. The first-order valence-corrected chi connectivity index (χ1v) is 5.54. The Morgan fingerprint density at radius 1 is 1.57 bits per heavy atom. The Morgan fingerprint density at radius 2 is 2.21 bits per heavy atom. The number of hydrogen-bond acceptors (Lipinski definition) is 2. The van der Waals surface area contributed by atoms with Crippen LogP contribution >= 0.6 is 0 Å². The summed E-state index contributed by atoms with van der Waals surface area (Å²) in [6.07, 6.45) is 2.41. The molecule has 1 saturated heterocycles. The smallest absolute Gasteiger partial charge is 0.251 e. The van der Waals surface area contributed by atoms with E-state index in [0.29, 0.717) is 12.0 Å². The molecule has 1 amide bonds. The molecule has 0 aliphatic carbocycles. The standard InChI is InChI=1S/C11H21NO2/c1-4-10-6-5-8(2)7-12(10)11(14)9(3)13/h8-10,13H,4-7H2,1-3H3. The van der Waals surface area contributed by atoms with E-state index in [1.165, 1.54) is 6.42 Å². The van der Waals surface area contributed by atoms with Crippen molar-refractivity contribution in [2.24, 2.45) is 5.92 Å². The first-order chi connectivity index (χ1) is 6.56. The van der Waals surface area contributed by atoms with Gasteiger partial charge in [-0.1, -0.05) is 13.8 Å². The van der Waals surface area contributed by atoms with Gasteiger partial charge in [-0.15, -0.1) is 0 Å². The van der Waals surface area contributed by atoms with Gasteiger partial charge in [0.15, 0.2) is 0 Å². The van der Waals surface area contributed by atoms with Crippen LogP contribution in [0.15, 0.2) is 0 Å².